The van der Waals surface area contributed by atoms with Gasteiger partial charge in [0.15, 0.2) is 0 Å². The second kappa shape index (κ2) is 6.39. The van der Waals surface area contributed by atoms with Crippen molar-refractivity contribution >= 4 is 0 Å². The fraction of sp³-hybridized carbons (Fsp3) is 1.00. The van der Waals surface area contributed by atoms with Crippen molar-refractivity contribution in [2.24, 2.45) is 11.8 Å². The molecule has 2 N–H and O–H groups in total. The zero-order valence-electron chi connectivity index (χ0n) is 9.10. The van der Waals surface area contributed by atoms with Crippen molar-refractivity contribution in [2.75, 3.05) is 26.2 Å². The first kappa shape index (κ1) is 11.0. The Labute approximate surface area is 82.5 Å². The third-order valence-electron chi connectivity index (χ3n) is 3.10. The number of piperidine rings is 1. The maximum atomic E-state index is 3.51. The van der Waals surface area contributed by atoms with Gasteiger partial charge in [-0.25, -0.2) is 0 Å². The summed E-state index contributed by atoms with van der Waals surface area (Å²) in [5.41, 5.74) is 0. The van der Waals surface area contributed by atoms with E-state index in [4.69, 9.17) is 0 Å². The minimum absolute atomic E-state index is 0.922. The first-order valence-corrected chi connectivity index (χ1v) is 5.88. The van der Waals surface area contributed by atoms with Crippen LogP contribution in [0.1, 0.15) is 33.1 Å². The molecule has 13 heavy (non-hydrogen) atoms. The molecule has 2 saturated heterocycles. The van der Waals surface area contributed by atoms with Crippen molar-refractivity contribution < 1.29 is 0 Å². The molecule has 2 nitrogen and oxygen atoms in total. The van der Waals surface area contributed by atoms with Gasteiger partial charge < -0.3 is 10.6 Å². The molecule has 78 valence electrons. The molecule has 2 atom stereocenters. The van der Waals surface area contributed by atoms with Crippen LogP contribution in [-0.4, -0.2) is 26.2 Å². The summed E-state index contributed by atoms with van der Waals surface area (Å²) in [4.78, 5) is 0. The summed E-state index contributed by atoms with van der Waals surface area (Å²) in [6, 6.07) is 0. The third kappa shape index (κ3) is 3.28. The highest BCUT2D eigenvalue weighted by molar-refractivity contribution is 4.81. The SMILES string of the molecule is C1CNCC2CNCCC2C1.CC. The molecule has 2 aliphatic rings. The van der Waals surface area contributed by atoms with E-state index in [0.29, 0.717) is 0 Å². The van der Waals surface area contributed by atoms with E-state index in [2.05, 4.69) is 10.6 Å². The van der Waals surface area contributed by atoms with E-state index in [-0.39, 0.29) is 0 Å². The number of hydrogen-bond donors (Lipinski definition) is 2. The average molecular weight is 184 g/mol. The lowest BCUT2D eigenvalue weighted by Gasteiger charge is -2.30. The van der Waals surface area contributed by atoms with E-state index in [9.17, 15) is 0 Å². The number of rotatable bonds is 0. The highest BCUT2D eigenvalue weighted by atomic mass is 14.9. The summed E-state index contributed by atoms with van der Waals surface area (Å²) >= 11 is 0. The van der Waals surface area contributed by atoms with Crippen LogP contribution in [0.2, 0.25) is 0 Å². The molecular weight excluding hydrogens is 160 g/mol. The molecule has 0 bridgehead atoms. The van der Waals surface area contributed by atoms with Gasteiger partial charge in [-0.05, 0) is 57.3 Å². The van der Waals surface area contributed by atoms with Crippen LogP contribution in [0.15, 0.2) is 0 Å². The van der Waals surface area contributed by atoms with Crippen molar-refractivity contribution in [1.29, 1.82) is 0 Å². The molecule has 2 rings (SSSR count). The highest BCUT2D eigenvalue weighted by Gasteiger charge is 2.25. The average Bonchev–Trinajstić information content (AvgIpc) is 2.45. The van der Waals surface area contributed by atoms with Gasteiger partial charge in [0, 0.05) is 0 Å². The topological polar surface area (TPSA) is 24.1 Å². The predicted molar refractivity (Wildman–Crippen MR) is 57.9 cm³/mol. The first-order chi connectivity index (χ1) is 6.47. The van der Waals surface area contributed by atoms with Crippen molar-refractivity contribution in [1.82, 2.24) is 10.6 Å². The second-order valence-electron chi connectivity index (χ2n) is 3.86. The van der Waals surface area contributed by atoms with Crippen molar-refractivity contribution in [3.8, 4) is 0 Å². The van der Waals surface area contributed by atoms with E-state index in [1.807, 2.05) is 13.8 Å². The smallest absolute Gasteiger partial charge is 0.000571 e. The van der Waals surface area contributed by atoms with Gasteiger partial charge in [0.05, 0.1) is 0 Å². The van der Waals surface area contributed by atoms with E-state index < -0.39 is 0 Å². The van der Waals surface area contributed by atoms with Gasteiger partial charge in [0.1, 0.15) is 0 Å². The molecule has 2 fully saturated rings. The van der Waals surface area contributed by atoms with Crippen molar-refractivity contribution in [3.63, 3.8) is 0 Å². The van der Waals surface area contributed by atoms with Crippen LogP contribution in [-0.2, 0) is 0 Å². The lowest BCUT2D eigenvalue weighted by molar-refractivity contribution is 0.252. The summed E-state index contributed by atoms with van der Waals surface area (Å²) in [6.07, 6.45) is 4.26. The zero-order chi connectivity index (χ0) is 9.52. The first-order valence-electron chi connectivity index (χ1n) is 5.88. The van der Waals surface area contributed by atoms with Crippen LogP contribution < -0.4 is 10.6 Å². The fourth-order valence-corrected chi connectivity index (χ4v) is 2.37. The van der Waals surface area contributed by atoms with Gasteiger partial charge >= 0.3 is 0 Å². The molecule has 2 aliphatic heterocycles. The standard InChI is InChI=1S/C9H18N2.C2H6/c1-2-8-3-5-11-7-9(8)6-10-4-1;1-2/h8-11H,1-7H2;1-2H3. The van der Waals surface area contributed by atoms with Crippen LogP contribution in [0.25, 0.3) is 0 Å². The third-order valence-corrected chi connectivity index (χ3v) is 3.10. The van der Waals surface area contributed by atoms with E-state index in [1.54, 1.807) is 0 Å². The Hall–Kier alpha value is -0.0800. The Bertz CT molecular complexity index is 111. The molecule has 0 amide bonds. The molecule has 0 aliphatic carbocycles. The Morgan fingerprint density at radius 1 is 0.846 bits per heavy atom. The van der Waals surface area contributed by atoms with Gasteiger partial charge in [-0.2, -0.15) is 0 Å². The minimum atomic E-state index is 0.922. The normalized spacial score (nSPS) is 33.7. The van der Waals surface area contributed by atoms with E-state index >= 15 is 0 Å². The lowest BCUT2D eigenvalue weighted by atomic mass is 9.84. The summed E-state index contributed by atoms with van der Waals surface area (Å²) in [6.45, 7) is 8.99. The number of hydrogen-bond acceptors (Lipinski definition) is 2. The van der Waals surface area contributed by atoms with Crippen LogP contribution in [0, 0.1) is 11.8 Å². The van der Waals surface area contributed by atoms with E-state index in [0.717, 1.165) is 11.8 Å². The maximum Gasteiger partial charge on any atom is -0.000571 e. The van der Waals surface area contributed by atoms with E-state index in [1.165, 1.54) is 45.4 Å². The molecule has 0 radical (unpaired) electrons. The molecule has 0 aromatic carbocycles. The van der Waals surface area contributed by atoms with Crippen molar-refractivity contribution in [2.45, 2.75) is 33.1 Å². The molecule has 0 aromatic heterocycles. The Balaban J connectivity index is 0.000000396. The van der Waals surface area contributed by atoms with Crippen LogP contribution in [0.5, 0.6) is 0 Å². The summed E-state index contributed by atoms with van der Waals surface area (Å²) < 4.78 is 0. The van der Waals surface area contributed by atoms with Gasteiger partial charge in [-0.15, -0.1) is 0 Å². The molecular formula is C11H24N2. The van der Waals surface area contributed by atoms with Gasteiger partial charge in [0.25, 0.3) is 0 Å². The van der Waals surface area contributed by atoms with Crippen LogP contribution in [0.4, 0.5) is 0 Å². The van der Waals surface area contributed by atoms with Crippen molar-refractivity contribution in [3.05, 3.63) is 0 Å². The Kier molecular flexibility index (Phi) is 5.40. The molecule has 2 unspecified atom stereocenters. The molecule has 0 aromatic rings. The number of fused-ring (bicyclic) bond motifs is 1. The molecule has 2 heteroatoms. The predicted octanol–water partition coefficient (Wildman–Crippen LogP) is 1.62. The van der Waals surface area contributed by atoms with Crippen LogP contribution >= 0.6 is 0 Å². The molecule has 0 spiro atoms. The summed E-state index contributed by atoms with van der Waals surface area (Å²) in [5.74, 6) is 1.94. The highest BCUT2D eigenvalue weighted by Crippen LogP contribution is 2.24. The number of nitrogens with one attached hydrogen (secondary N) is 2. The minimum Gasteiger partial charge on any atom is -0.316 e. The van der Waals surface area contributed by atoms with Gasteiger partial charge in [0.2, 0.25) is 0 Å². The molecule has 2 heterocycles. The Morgan fingerprint density at radius 2 is 1.54 bits per heavy atom. The quantitative estimate of drug-likeness (QED) is 0.598. The summed E-state index contributed by atoms with van der Waals surface area (Å²) in [7, 11) is 0. The zero-order valence-corrected chi connectivity index (χ0v) is 9.10. The monoisotopic (exact) mass is 184 g/mol. The fourth-order valence-electron chi connectivity index (χ4n) is 2.37. The van der Waals surface area contributed by atoms with Crippen LogP contribution in [0.3, 0.4) is 0 Å². The van der Waals surface area contributed by atoms with Gasteiger partial charge in [-0.3, -0.25) is 0 Å². The maximum absolute atomic E-state index is 3.51. The summed E-state index contributed by atoms with van der Waals surface area (Å²) in [5, 5.41) is 6.98. The Morgan fingerprint density at radius 3 is 2.31 bits per heavy atom. The molecule has 0 saturated carbocycles. The largest absolute Gasteiger partial charge is 0.316 e. The second-order valence-corrected chi connectivity index (χ2v) is 3.86. The lowest BCUT2D eigenvalue weighted by Crippen LogP contribution is -2.40. The van der Waals surface area contributed by atoms with Gasteiger partial charge in [-0.1, -0.05) is 13.8 Å².